The Morgan fingerprint density at radius 2 is 1.92 bits per heavy atom. The summed E-state index contributed by atoms with van der Waals surface area (Å²) in [4.78, 5) is 26.0. The van der Waals surface area contributed by atoms with Crippen LogP contribution in [-0.4, -0.2) is 83.7 Å². The molecule has 0 radical (unpaired) electrons. The first-order chi connectivity index (χ1) is 18.6. The lowest BCUT2D eigenvalue weighted by Gasteiger charge is -2.28. The number of morpholine rings is 1. The Bertz CT molecular complexity index is 1170. The highest BCUT2D eigenvalue weighted by Gasteiger charge is 2.36. The Kier molecular flexibility index (Phi) is 8.13. The molecule has 12 heteroatoms. The van der Waals surface area contributed by atoms with Crippen LogP contribution < -0.4 is 15.5 Å². The molecule has 1 saturated carbocycles. The first-order valence-corrected chi connectivity index (χ1v) is 13.5. The number of nitrogens with zero attached hydrogens (tertiary/aromatic N) is 4. The predicted octanol–water partition coefficient (Wildman–Crippen LogP) is 4.42. The van der Waals surface area contributed by atoms with E-state index in [4.69, 9.17) is 14.7 Å². The van der Waals surface area contributed by atoms with Gasteiger partial charge in [-0.25, -0.2) is 9.78 Å². The molecule has 2 aromatic rings. The zero-order valence-electron chi connectivity index (χ0n) is 22.0. The number of hydrogen-bond donors (Lipinski definition) is 3. The molecule has 3 heterocycles. The van der Waals surface area contributed by atoms with E-state index in [0.717, 1.165) is 29.8 Å². The minimum Gasteiger partial charge on any atom is -0.393 e. The molecular formula is C27H35F3N6O3. The third kappa shape index (κ3) is 7.10. The standard InChI is InChI=1S/C27H35F3N6O3/c1-17-2-3-20(32-26(38)36-7-6-18(16-36)15-27(28,29)30)13-22(17)23-14-24(35-8-10-39-11-9-35)34-25(33-23)31-19-4-5-21(37)12-19/h2-3,13-14,18-19,21,37H,4-12,15-16H2,1H3,(H,32,38)(H,31,33,34)/t18?,19-,21-/m0/s1. The van der Waals surface area contributed by atoms with Gasteiger partial charge < -0.3 is 30.3 Å². The van der Waals surface area contributed by atoms with Crippen molar-refractivity contribution < 1.29 is 27.8 Å². The van der Waals surface area contributed by atoms with Crippen molar-refractivity contribution in [3.63, 3.8) is 0 Å². The number of ether oxygens (including phenoxy) is 1. The SMILES string of the molecule is Cc1ccc(NC(=O)N2CCC(CC(F)(F)F)C2)cc1-c1cc(N2CCOCC2)nc(N[C@H]2CC[C@H](O)C2)n1. The van der Waals surface area contributed by atoms with E-state index in [1.807, 2.05) is 25.1 Å². The number of nitrogens with one attached hydrogen (secondary N) is 2. The molecule has 0 bridgehead atoms. The van der Waals surface area contributed by atoms with Gasteiger partial charge in [0.2, 0.25) is 5.95 Å². The van der Waals surface area contributed by atoms with Crippen molar-refractivity contribution >= 4 is 23.5 Å². The molecule has 1 unspecified atom stereocenters. The summed E-state index contributed by atoms with van der Waals surface area (Å²) in [5, 5.41) is 16.2. The smallest absolute Gasteiger partial charge is 0.389 e. The van der Waals surface area contributed by atoms with Gasteiger partial charge in [0.25, 0.3) is 0 Å². The fourth-order valence-corrected chi connectivity index (χ4v) is 5.55. The van der Waals surface area contributed by atoms with E-state index in [0.29, 0.717) is 63.0 Å². The molecule has 3 N–H and O–H groups in total. The van der Waals surface area contributed by atoms with Gasteiger partial charge >= 0.3 is 12.2 Å². The van der Waals surface area contributed by atoms with Crippen molar-refractivity contribution in [1.29, 1.82) is 0 Å². The number of carbonyl (C=O) groups is 1. The monoisotopic (exact) mass is 548 g/mol. The van der Waals surface area contributed by atoms with Gasteiger partial charge in [0.05, 0.1) is 25.0 Å². The number of urea groups is 1. The van der Waals surface area contributed by atoms with E-state index < -0.39 is 24.5 Å². The van der Waals surface area contributed by atoms with E-state index in [1.54, 1.807) is 6.07 Å². The number of aromatic nitrogens is 2. The molecule has 1 aromatic heterocycles. The van der Waals surface area contributed by atoms with Crippen LogP contribution in [-0.2, 0) is 4.74 Å². The van der Waals surface area contributed by atoms with Crippen molar-refractivity contribution in [2.45, 2.75) is 57.3 Å². The molecular weight excluding hydrogens is 513 g/mol. The molecule has 9 nitrogen and oxygen atoms in total. The van der Waals surface area contributed by atoms with E-state index in [2.05, 4.69) is 15.5 Å². The number of alkyl halides is 3. The Hall–Kier alpha value is -3.12. The Morgan fingerprint density at radius 1 is 1.13 bits per heavy atom. The molecule has 2 saturated heterocycles. The molecule has 3 aliphatic rings. The first-order valence-electron chi connectivity index (χ1n) is 13.5. The molecule has 0 spiro atoms. The number of rotatable bonds is 6. The number of anilines is 3. The van der Waals surface area contributed by atoms with Crippen molar-refractivity contribution in [2.75, 3.05) is 54.9 Å². The van der Waals surface area contributed by atoms with Crippen LogP contribution >= 0.6 is 0 Å². The summed E-state index contributed by atoms with van der Waals surface area (Å²) in [6.07, 6.45) is -2.88. The van der Waals surface area contributed by atoms with Crippen molar-refractivity contribution in [2.24, 2.45) is 5.92 Å². The third-order valence-electron chi connectivity index (χ3n) is 7.64. The van der Waals surface area contributed by atoms with Gasteiger partial charge in [0.1, 0.15) is 5.82 Å². The quantitative estimate of drug-likeness (QED) is 0.491. The first kappa shape index (κ1) is 27.4. The third-order valence-corrected chi connectivity index (χ3v) is 7.64. The number of aryl methyl sites for hydroxylation is 1. The summed E-state index contributed by atoms with van der Waals surface area (Å²) in [6, 6.07) is 7.11. The minimum absolute atomic E-state index is 0.0844. The Morgan fingerprint density at radius 3 is 2.64 bits per heavy atom. The lowest BCUT2D eigenvalue weighted by molar-refractivity contribution is -0.143. The van der Waals surface area contributed by atoms with Crippen LogP contribution in [0.1, 0.15) is 37.7 Å². The number of amides is 2. The molecule has 3 fully saturated rings. The number of aliphatic hydroxyl groups is 1. The average molecular weight is 549 g/mol. The van der Waals surface area contributed by atoms with Gasteiger partial charge in [-0.2, -0.15) is 18.2 Å². The summed E-state index contributed by atoms with van der Waals surface area (Å²) in [6.45, 7) is 4.97. The lowest BCUT2D eigenvalue weighted by Crippen LogP contribution is -2.37. The Labute approximate surface area is 225 Å². The van der Waals surface area contributed by atoms with Crippen LogP contribution in [0, 0.1) is 12.8 Å². The number of halogens is 3. The second-order valence-electron chi connectivity index (χ2n) is 10.7. The average Bonchev–Trinajstić information content (AvgIpc) is 3.53. The minimum atomic E-state index is -4.23. The normalized spacial score (nSPS) is 23.8. The summed E-state index contributed by atoms with van der Waals surface area (Å²) >= 11 is 0. The van der Waals surface area contributed by atoms with Gasteiger partial charge in [0.15, 0.2) is 0 Å². The second-order valence-corrected chi connectivity index (χ2v) is 10.7. The van der Waals surface area contributed by atoms with Crippen LogP contribution in [0.3, 0.4) is 0 Å². The molecule has 3 atom stereocenters. The van der Waals surface area contributed by atoms with E-state index in [1.165, 1.54) is 4.90 Å². The number of benzene rings is 1. The van der Waals surface area contributed by atoms with Gasteiger partial charge in [0, 0.05) is 56.0 Å². The van der Waals surface area contributed by atoms with Gasteiger partial charge in [-0.3, -0.25) is 0 Å². The van der Waals surface area contributed by atoms with Crippen molar-refractivity contribution in [3.8, 4) is 11.3 Å². The molecule has 212 valence electrons. The second kappa shape index (κ2) is 11.5. The van der Waals surface area contributed by atoms with Crippen LogP contribution in [0.25, 0.3) is 11.3 Å². The number of likely N-dealkylation sites (tertiary alicyclic amines) is 1. The highest BCUT2D eigenvalue weighted by molar-refractivity contribution is 5.90. The van der Waals surface area contributed by atoms with Crippen molar-refractivity contribution in [1.82, 2.24) is 14.9 Å². The van der Waals surface area contributed by atoms with E-state index in [-0.39, 0.29) is 18.7 Å². The zero-order valence-corrected chi connectivity index (χ0v) is 22.0. The van der Waals surface area contributed by atoms with Crippen molar-refractivity contribution in [3.05, 3.63) is 29.8 Å². The van der Waals surface area contributed by atoms with Crippen LogP contribution in [0.5, 0.6) is 0 Å². The summed E-state index contributed by atoms with van der Waals surface area (Å²) in [5.41, 5.74) is 3.00. The molecule has 2 amide bonds. The number of hydrogen-bond acceptors (Lipinski definition) is 7. The van der Waals surface area contributed by atoms with E-state index >= 15 is 0 Å². The summed E-state index contributed by atoms with van der Waals surface area (Å²) < 4.78 is 43.8. The highest BCUT2D eigenvalue weighted by Crippen LogP contribution is 2.32. The highest BCUT2D eigenvalue weighted by atomic mass is 19.4. The lowest BCUT2D eigenvalue weighted by atomic mass is 10.0. The molecule has 1 aromatic carbocycles. The molecule has 5 rings (SSSR count). The molecule has 39 heavy (non-hydrogen) atoms. The number of carbonyl (C=O) groups excluding carboxylic acids is 1. The van der Waals surface area contributed by atoms with Gasteiger partial charge in [-0.1, -0.05) is 6.07 Å². The topological polar surface area (TPSA) is 103 Å². The summed E-state index contributed by atoms with van der Waals surface area (Å²) in [5.74, 6) is 0.677. The fourth-order valence-electron chi connectivity index (χ4n) is 5.55. The maximum Gasteiger partial charge on any atom is 0.389 e. The Balaban J connectivity index is 1.36. The zero-order chi connectivity index (χ0) is 27.6. The maximum absolute atomic E-state index is 12.9. The maximum atomic E-state index is 12.9. The van der Waals surface area contributed by atoms with Gasteiger partial charge in [-0.05, 0) is 56.2 Å². The molecule has 2 aliphatic heterocycles. The van der Waals surface area contributed by atoms with Crippen LogP contribution in [0.4, 0.5) is 35.4 Å². The molecule has 1 aliphatic carbocycles. The van der Waals surface area contributed by atoms with Gasteiger partial charge in [-0.15, -0.1) is 0 Å². The largest absolute Gasteiger partial charge is 0.393 e. The van der Waals surface area contributed by atoms with E-state index in [9.17, 15) is 23.1 Å². The van der Waals surface area contributed by atoms with Crippen LogP contribution in [0.15, 0.2) is 24.3 Å². The fraction of sp³-hybridized carbons (Fsp3) is 0.593. The number of aliphatic hydroxyl groups excluding tert-OH is 1. The summed E-state index contributed by atoms with van der Waals surface area (Å²) in [7, 11) is 0. The van der Waals surface area contributed by atoms with Crippen LogP contribution in [0.2, 0.25) is 0 Å². The predicted molar refractivity (Wildman–Crippen MR) is 142 cm³/mol.